The van der Waals surface area contributed by atoms with Crippen molar-refractivity contribution >= 4 is 23.4 Å². The molecule has 0 fully saturated rings. The minimum atomic E-state index is -4.72. The molecule has 3 aromatic rings. The molecule has 2 nitrogen and oxygen atoms in total. The van der Waals surface area contributed by atoms with Gasteiger partial charge in [0.2, 0.25) is 0 Å². The molecule has 0 unspecified atom stereocenters. The van der Waals surface area contributed by atoms with Crippen LogP contribution in [0.4, 0.5) is 13.2 Å². The van der Waals surface area contributed by atoms with E-state index >= 15 is 0 Å². The minimum Gasteiger partial charge on any atom is -0.406 e. The Kier molecular flexibility index (Phi) is 5.99. The standard InChI is InChI=1S/C20H15ClF3NOS/c21-14-7-11-16(12-8-14)27-18-4-2-1-3-17(18)19(25)13-5-9-15(10-6-13)26-20(22,23)24/h1-12,19H,25H2/t19-/m1/s1. The van der Waals surface area contributed by atoms with Gasteiger partial charge >= 0.3 is 6.36 Å². The van der Waals surface area contributed by atoms with Crippen molar-refractivity contribution in [2.45, 2.75) is 22.2 Å². The van der Waals surface area contributed by atoms with Crippen LogP contribution in [0.3, 0.4) is 0 Å². The first-order valence-electron chi connectivity index (χ1n) is 7.95. The number of hydrogen-bond acceptors (Lipinski definition) is 3. The predicted molar refractivity (Wildman–Crippen MR) is 101 cm³/mol. The van der Waals surface area contributed by atoms with Gasteiger partial charge in [-0.3, -0.25) is 0 Å². The molecule has 0 bridgehead atoms. The van der Waals surface area contributed by atoms with Crippen molar-refractivity contribution in [3.63, 3.8) is 0 Å². The van der Waals surface area contributed by atoms with Crippen molar-refractivity contribution in [2.24, 2.45) is 5.73 Å². The van der Waals surface area contributed by atoms with Gasteiger partial charge < -0.3 is 10.5 Å². The van der Waals surface area contributed by atoms with Gasteiger partial charge in [-0.2, -0.15) is 0 Å². The quantitative estimate of drug-likeness (QED) is 0.526. The summed E-state index contributed by atoms with van der Waals surface area (Å²) in [4.78, 5) is 1.97. The first-order chi connectivity index (χ1) is 12.8. The fourth-order valence-corrected chi connectivity index (χ4v) is 3.63. The van der Waals surface area contributed by atoms with Crippen LogP contribution in [0.25, 0.3) is 0 Å². The molecule has 3 aromatic carbocycles. The number of alkyl halides is 3. The molecule has 0 saturated heterocycles. The van der Waals surface area contributed by atoms with E-state index < -0.39 is 12.4 Å². The van der Waals surface area contributed by atoms with Crippen molar-refractivity contribution in [1.82, 2.24) is 0 Å². The molecule has 3 rings (SSSR count). The minimum absolute atomic E-state index is 0.276. The highest BCUT2D eigenvalue weighted by atomic mass is 35.5. The van der Waals surface area contributed by atoms with Gasteiger partial charge in [-0.25, -0.2) is 0 Å². The summed E-state index contributed by atoms with van der Waals surface area (Å²) in [5.41, 5.74) is 7.94. The van der Waals surface area contributed by atoms with Gasteiger partial charge in [0, 0.05) is 14.8 Å². The molecular weight excluding hydrogens is 395 g/mol. The second-order valence-corrected chi connectivity index (χ2v) is 7.24. The van der Waals surface area contributed by atoms with E-state index in [4.69, 9.17) is 17.3 Å². The van der Waals surface area contributed by atoms with E-state index in [-0.39, 0.29) is 5.75 Å². The van der Waals surface area contributed by atoms with Crippen LogP contribution >= 0.6 is 23.4 Å². The fourth-order valence-electron chi connectivity index (χ4n) is 2.52. The maximum absolute atomic E-state index is 12.3. The summed E-state index contributed by atoms with van der Waals surface area (Å²) in [6.45, 7) is 0. The molecule has 0 spiro atoms. The lowest BCUT2D eigenvalue weighted by Gasteiger charge is -2.17. The summed E-state index contributed by atoms with van der Waals surface area (Å²) in [7, 11) is 0. The number of ether oxygens (including phenoxy) is 1. The second-order valence-electron chi connectivity index (χ2n) is 5.69. The monoisotopic (exact) mass is 409 g/mol. The zero-order chi connectivity index (χ0) is 19.4. The lowest BCUT2D eigenvalue weighted by atomic mass is 9.99. The summed E-state index contributed by atoms with van der Waals surface area (Å²) in [5, 5.41) is 0.658. The highest BCUT2D eigenvalue weighted by Gasteiger charge is 2.31. The average Bonchev–Trinajstić information content (AvgIpc) is 2.63. The van der Waals surface area contributed by atoms with E-state index in [2.05, 4.69) is 4.74 Å². The van der Waals surface area contributed by atoms with Crippen molar-refractivity contribution < 1.29 is 17.9 Å². The van der Waals surface area contributed by atoms with Gasteiger partial charge in [0.25, 0.3) is 0 Å². The maximum Gasteiger partial charge on any atom is 0.573 e. The van der Waals surface area contributed by atoms with Gasteiger partial charge in [-0.1, -0.05) is 53.7 Å². The third-order valence-corrected chi connectivity index (χ3v) is 5.12. The van der Waals surface area contributed by atoms with E-state index in [0.717, 1.165) is 15.4 Å². The Morgan fingerprint density at radius 1 is 0.889 bits per heavy atom. The Morgan fingerprint density at radius 3 is 2.15 bits per heavy atom. The predicted octanol–water partition coefficient (Wildman–Crippen LogP) is 6.44. The van der Waals surface area contributed by atoms with Crippen LogP contribution in [0.5, 0.6) is 5.75 Å². The Morgan fingerprint density at radius 2 is 1.52 bits per heavy atom. The molecule has 140 valence electrons. The fraction of sp³-hybridized carbons (Fsp3) is 0.100. The second kappa shape index (κ2) is 8.25. The molecule has 7 heteroatoms. The average molecular weight is 410 g/mol. The van der Waals surface area contributed by atoms with Gasteiger partial charge in [-0.05, 0) is 53.6 Å². The van der Waals surface area contributed by atoms with E-state index in [1.807, 2.05) is 48.5 Å². The summed E-state index contributed by atoms with van der Waals surface area (Å²) in [6.07, 6.45) is -4.72. The molecule has 0 heterocycles. The highest BCUT2D eigenvalue weighted by Crippen LogP contribution is 2.35. The molecule has 0 aliphatic rings. The van der Waals surface area contributed by atoms with Crippen LogP contribution in [-0.2, 0) is 0 Å². The summed E-state index contributed by atoms with van der Waals surface area (Å²) < 4.78 is 40.8. The molecule has 0 radical (unpaired) electrons. The lowest BCUT2D eigenvalue weighted by Crippen LogP contribution is -2.17. The SMILES string of the molecule is N[C@H](c1ccc(OC(F)(F)F)cc1)c1ccccc1Sc1ccc(Cl)cc1. The Bertz CT molecular complexity index is 898. The van der Waals surface area contributed by atoms with E-state index in [0.29, 0.717) is 10.6 Å². The van der Waals surface area contributed by atoms with Crippen molar-refractivity contribution in [3.05, 3.63) is 88.9 Å². The third-order valence-electron chi connectivity index (χ3n) is 3.77. The topological polar surface area (TPSA) is 35.2 Å². The zero-order valence-corrected chi connectivity index (χ0v) is 15.5. The van der Waals surface area contributed by atoms with Crippen LogP contribution < -0.4 is 10.5 Å². The lowest BCUT2D eigenvalue weighted by molar-refractivity contribution is -0.274. The van der Waals surface area contributed by atoms with Gasteiger partial charge in [0.1, 0.15) is 5.75 Å². The van der Waals surface area contributed by atoms with Crippen molar-refractivity contribution in [1.29, 1.82) is 0 Å². The maximum atomic E-state index is 12.3. The molecule has 0 aliphatic heterocycles. The number of nitrogens with two attached hydrogens (primary N) is 1. The Labute approximate surface area is 164 Å². The molecular formula is C20H15ClF3NOS. The molecule has 0 amide bonds. The smallest absolute Gasteiger partial charge is 0.406 e. The van der Waals surface area contributed by atoms with E-state index in [1.165, 1.54) is 24.3 Å². The zero-order valence-electron chi connectivity index (χ0n) is 13.9. The molecule has 0 aromatic heterocycles. The molecule has 1 atom stereocenters. The molecule has 0 aliphatic carbocycles. The molecule has 2 N–H and O–H groups in total. The molecule has 27 heavy (non-hydrogen) atoms. The number of rotatable bonds is 5. The highest BCUT2D eigenvalue weighted by molar-refractivity contribution is 7.99. The van der Waals surface area contributed by atoms with Crippen LogP contribution in [0.2, 0.25) is 5.02 Å². The summed E-state index contributed by atoms with van der Waals surface area (Å²) in [5.74, 6) is -0.276. The van der Waals surface area contributed by atoms with Crippen LogP contribution in [0.15, 0.2) is 82.6 Å². The van der Waals surface area contributed by atoms with Crippen molar-refractivity contribution in [3.8, 4) is 5.75 Å². The number of hydrogen-bond donors (Lipinski definition) is 1. The Balaban J connectivity index is 1.82. The van der Waals surface area contributed by atoms with E-state index in [1.54, 1.807) is 11.8 Å². The first-order valence-corrected chi connectivity index (χ1v) is 9.15. The third kappa shape index (κ3) is 5.42. The number of benzene rings is 3. The molecule has 0 saturated carbocycles. The van der Waals surface area contributed by atoms with Gasteiger partial charge in [-0.15, -0.1) is 13.2 Å². The normalized spacial score (nSPS) is 12.6. The summed E-state index contributed by atoms with van der Waals surface area (Å²) in [6, 6.07) is 20.2. The largest absolute Gasteiger partial charge is 0.573 e. The van der Waals surface area contributed by atoms with Gasteiger partial charge in [0.15, 0.2) is 0 Å². The van der Waals surface area contributed by atoms with Crippen LogP contribution in [0.1, 0.15) is 17.2 Å². The van der Waals surface area contributed by atoms with Gasteiger partial charge in [0.05, 0.1) is 6.04 Å². The summed E-state index contributed by atoms with van der Waals surface area (Å²) >= 11 is 7.46. The van der Waals surface area contributed by atoms with Crippen LogP contribution in [0, 0.1) is 0 Å². The number of halogens is 4. The Hall–Kier alpha value is -2.15. The van der Waals surface area contributed by atoms with Crippen molar-refractivity contribution in [2.75, 3.05) is 0 Å². The van der Waals surface area contributed by atoms with Crippen LogP contribution in [-0.4, -0.2) is 6.36 Å². The van der Waals surface area contributed by atoms with E-state index in [9.17, 15) is 13.2 Å². The first kappa shape index (κ1) is 19.6.